The minimum absolute atomic E-state index is 0.0522. The monoisotopic (exact) mass is 448 g/mol. The lowest BCUT2D eigenvalue weighted by molar-refractivity contribution is -0.132. The normalized spacial score (nSPS) is 20.1. The molecular formula is C20H21BrN2O5. The van der Waals surface area contributed by atoms with Crippen molar-refractivity contribution in [2.24, 2.45) is 0 Å². The van der Waals surface area contributed by atoms with Gasteiger partial charge in [-0.05, 0) is 42.8 Å². The second kappa shape index (κ2) is 8.20. The summed E-state index contributed by atoms with van der Waals surface area (Å²) in [5.74, 6) is 0.723. The van der Waals surface area contributed by atoms with Crippen LogP contribution < -0.4 is 14.8 Å². The zero-order chi connectivity index (χ0) is 20.3. The first-order valence-electron chi connectivity index (χ1n) is 8.68. The fraction of sp³-hybridized carbons (Fsp3) is 0.300. The Morgan fingerprint density at radius 1 is 1.18 bits per heavy atom. The summed E-state index contributed by atoms with van der Waals surface area (Å²) in [4.78, 5) is 26.3. The molecule has 0 spiro atoms. The number of methoxy groups -OCH3 is 1. The van der Waals surface area contributed by atoms with E-state index in [1.807, 2.05) is 12.1 Å². The van der Waals surface area contributed by atoms with Gasteiger partial charge in [0.15, 0.2) is 0 Å². The molecule has 1 aliphatic heterocycles. The molecule has 2 atom stereocenters. The number of hydrogen-bond donors (Lipinski definition) is 2. The van der Waals surface area contributed by atoms with Crippen molar-refractivity contribution in [1.82, 2.24) is 10.2 Å². The molecule has 2 aromatic rings. The molecule has 3 rings (SSSR count). The highest BCUT2D eigenvalue weighted by atomic mass is 79.9. The molecule has 28 heavy (non-hydrogen) atoms. The van der Waals surface area contributed by atoms with Crippen molar-refractivity contribution in [3.8, 4) is 11.5 Å². The number of imide groups is 1. The number of aliphatic hydroxyl groups excluding tert-OH is 1. The molecule has 7 nitrogen and oxygen atoms in total. The molecule has 1 heterocycles. The highest BCUT2D eigenvalue weighted by molar-refractivity contribution is 9.10. The Bertz CT molecular complexity index is 890. The van der Waals surface area contributed by atoms with Crippen molar-refractivity contribution >= 4 is 27.9 Å². The van der Waals surface area contributed by atoms with Gasteiger partial charge in [-0.3, -0.25) is 9.69 Å². The first-order chi connectivity index (χ1) is 13.3. The third-order valence-corrected chi connectivity index (χ3v) is 5.05. The second-order valence-corrected chi connectivity index (χ2v) is 7.54. The van der Waals surface area contributed by atoms with Crippen LogP contribution in [0.3, 0.4) is 0 Å². The van der Waals surface area contributed by atoms with Crippen LogP contribution in [0.25, 0.3) is 0 Å². The predicted octanol–water partition coefficient (Wildman–Crippen LogP) is 2.66. The van der Waals surface area contributed by atoms with Crippen molar-refractivity contribution in [1.29, 1.82) is 0 Å². The molecule has 0 bridgehead atoms. The number of ether oxygens (including phenoxy) is 2. The molecule has 1 saturated heterocycles. The number of carbonyl (C=O) groups excluding carboxylic acids is 2. The van der Waals surface area contributed by atoms with Crippen LogP contribution in [0.5, 0.6) is 11.5 Å². The van der Waals surface area contributed by atoms with Gasteiger partial charge in [0, 0.05) is 4.47 Å². The molecule has 2 aromatic carbocycles. The van der Waals surface area contributed by atoms with E-state index >= 15 is 0 Å². The molecule has 148 valence electrons. The van der Waals surface area contributed by atoms with Crippen LogP contribution >= 0.6 is 15.9 Å². The quantitative estimate of drug-likeness (QED) is 0.635. The summed E-state index contributed by atoms with van der Waals surface area (Å²) in [5, 5.41) is 13.0. The molecule has 0 saturated carbocycles. The van der Waals surface area contributed by atoms with Gasteiger partial charge >= 0.3 is 6.03 Å². The molecule has 3 amide bonds. The highest BCUT2D eigenvalue weighted by Crippen LogP contribution is 2.31. The Labute approximate surface area is 171 Å². The van der Waals surface area contributed by atoms with Crippen molar-refractivity contribution in [2.75, 3.05) is 20.3 Å². The Morgan fingerprint density at radius 2 is 1.89 bits per heavy atom. The van der Waals surface area contributed by atoms with Gasteiger partial charge < -0.3 is 19.9 Å². The summed E-state index contributed by atoms with van der Waals surface area (Å²) in [6.07, 6.45) is -1.03. The van der Waals surface area contributed by atoms with Gasteiger partial charge in [0.25, 0.3) is 5.91 Å². The van der Waals surface area contributed by atoms with Gasteiger partial charge in [-0.1, -0.05) is 34.1 Å². The summed E-state index contributed by atoms with van der Waals surface area (Å²) in [6.45, 7) is 1.41. The number of nitrogens with zero attached hydrogens (tertiary/aromatic N) is 1. The van der Waals surface area contributed by atoms with E-state index < -0.39 is 23.6 Å². The third kappa shape index (κ3) is 4.13. The number of rotatable bonds is 7. The van der Waals surface area contributed by atoms with Gasteiger partial charge in [0.05, 0.1) is 13.7 Å². The van der Waals surface area contributed by atoms with Gasteiger partial charge in [-0.2, -0.15) is 0 Å². The predicted molar refractivity (Wildman–Crippen MR) is 106 cm³/mol. The summed E-state index contributed by atoms with van der Waals surface area (Å²) in [7, 11) is 1.53. The topological polar surface area (TPSA) is 88.1 Å². The van der Waals surface area contributed by atoms with Gasteiger partial charge in [-0.25, -0.2) is 4.79 Å². The Hall–Kier alpha value is -2.58. The number of halogens is 1. The van der Waals surface area contributed by atoms with Crippen molar-refractivity contribution in [3.63, 3.8) is 0 Å². The molecule has 1 aliphatic rings. The largest absolute Gasteiger partial charge is 0.497 e. The number of nitrogens with one attached hydrogen (secondary N) is 1. The summed E-state index contributed by atoms with van der Waals surface area (Å²) in [6, 6.07) is 13.6. The van der Waals surface area contributed by atoms with Crippen molar-refractivity contribution in [2.45, 2.75) is 18.6 Å². The Balaban J connectivity index is 1.67. The number of benzene rings is 2. The fourth-order valence-corrected chi connectivity index (χ4v) is 3.38. The lowest BCUT2D eigenvalue weighted by Crippen LogP contribution is -2.42. The smallest absolute Gasteiger partial charge is 0.325 e. The van der Waals surface area contributed by atoms with Crippen molar-refractivity contribution in [3.05, 3.63) is 58.6 Å². The highest BCUT2D eigenvalue weighted by Gasteiger charge is 2.49. The van der Waals surface area contributed by atoms with E-state index in [9.17, 15) is 14.7 Å². The first-order valence-corrected chi connectivity index (χ1v) is 9.48. The Morgan fingerprint density at radius 3 is 2.61 bits per heavy atom. The van der Waals surface area contributed by atoms with Crippen molar-refractivity contribution < 1.29 is 24.2 Å². The summed E-state index contributed by atoms with van der Waals surface area (Å²) >= 11 is 3.34. The number of aliphatic hydroxyl groups is 1. The SMILES string of the molecule is COc1cccc([C@]2(C)NC(=O)N(C[C@@H](O)COc3cccc(Br)c3)C2=O)c1. The van der Waals surface area contributed by atoms with E-state index in [1.54, 1.807) is 43.3 Å². The van der Waals surface area contributed by atoms with Crippen LogP contribution in [0.15, 0.2) is 53.0 Å². The average molecular weight is 449 g/mol. The fourth-order valence-electron chi connectivity index (χ4n) is 3.01. The Kier molecular flexibility index (Phi) is 5.90. The first kappa shape index (κ1) is 20.2. The van der Waals surface area contributed by atoms with E-state index in [4.69, 9.17) is 9.47 Å². The van der Waals surface area contributed by atoms with Crippen LogP contribution in [-0.2, 0) is 10.3 Å². The minimum atomic E-state index is -1.23. The van der Waals surface area contributed by atoms with Gasteiger partial charge in [0.1, 0.15) is 29.7 Å². The molecule has 0 unspecified atom stereocenters. The lowest BCUT2D eigenvalue weighted by Gasteiger charge is -2.23. The zero-order valence-electron chi connectivity index (χ0n) is 15.5. The van der Waals surface area contributed by atoms with Crippen LogP contribution in [0.1, 0.15) is 12.5 Å². The zero-order valence-corrected chi connectivity index (χ0v) is 17.1. The molecule has 0 radical (unpaired) electrons. The summed E-state index contributed by atoms with van der Waals surface area (Å²) < 4.78 is 11.6. The van der Waals surface area contributed by atoms with E-state index in [0.717, 1.165) is 9.37 Å². The van der Waals surface area contributed by atoms with Crippen LogP contribution in [0.4, 0.5) is 4.79 Å². The van der Waals surface area contributed by atoms with Crippen LogP contribution in [0.2, 0.25) is 0 Å². The van der Waals surface area contributed by atoms with Crippen LogP contribution in [-0.4, -0.2) is 48.3 Å². The standard InChI is InChI=1S/C20H21BrN2O5/c1-20(13-5-3-7-16(9-13)27-2)18(25)23(19(26)22-20)11-15(24)12-28-17-8-4-6-14(21)10-17/h3-10,15,24H,11-12H2,1-2H3,(H,22,26)/t15-,20+/m1/s1. The number of amides is 3. The average Bonchev–Trinajstić information content (AvgIpc) is 2.90. The molecule has 2 N–H and O–H groups in total. The number of β-amino-alcohol motifs (C(OH)–C–C–N with tert-alkyl or cyclic N) is 1. The van der Waals surface area contributed by atoms with E-state index in [2.05, 4.69) is 21.2 Å². The molecular weight excluding hydrogens is 428 g/mol. The maximum Gasteiger partial charge on any atom is 0.325 e. The maximum absolute atomic E-state index is 12.9. The second-order valence-electron chi connectivity index (χ2n) is 6.63. The third-order valence-electron chi connectivity index (χ3n) is 4.55. The minimum Gasteiger partial charge on any atom is -0.497 e. The number of carbonyl (C=O) groups is 2. The molecule has 0 aliphatic carbocycles. The lowest BCUT2D eigenvalue weighted by atomic mass is 9.92. The molecule has 8 heteroatoms. The summed E-state index contributed by atoms with van der Waals surface area (Å²) in [5.41, 5.74) is -0.621. The number of hydrogen-bond acceptors (Lipinski definition) is 5. The number of urea groups is 1. The van der Waals surface area contributed by atoms with E-state index in [1.165, 1.54) is 7.11 Å². The molecule has 0 aromatic heterocycles. The van der Waals surface area contributed by atoms with Crippen LogP contribution in [0, 0.1) is 0 Å². The van der Waals surface area contributed by atoms with Gasteiger partial charge in [0.2, 0.25) is 0 Å². The molecule has 1 fully saturated rings. The van der Waals surface area contributed by atoms with E-state index in [-0.39, 0.29) is 13.2 Å². The maximum atomic E-state index is 12.9. The van der Waals surface area contributed by atoms with E-state index in [0.29, 0.717) is 17.1 Å². The van der Waals surface area contributed by atoms with Gasteiger partial charge in [-0.15, -0.1) is 0 Å².